The van der Waals surface area contributed by atoms with Crippen LogP contribution in [0, 0.1) is 11.8 Å². The smallest absolute Gasteiger partial charge is 0.255 e. The summed E-state index contributed by atoms with van der Waals surface area (Å²) in [5.41, 5.74) is 5.04. The second-order valence-electron chi connectivity index (χ2n) is 16.4. The predicted octanol–water partition coefficient (Wildman–Crippen LogP) is 2.52. The molecule has 14 heteroatoms. The molecular weight excluding hydrogens is 699 g/mol. The van der Waals surface area contributed by atoms with E-state index in [0.717, 1.165) is 107 Å². The van der Waals surface area contributed by atoms with Crippen molar-refractivity contribution < 1.29 is 24.6 Å². The Hall–Kier alpha value is -4.79. The van der Waals surface area contributed by atoms with Crippen molar-refractivity contribution in [3.63, 3.8) is 0 Å². The zero-order chi connectivity index (χ0) is 37.6. The third kappa shape index (κ3) is 7.11. The number of piperazine rings is 1. The van der Waals surface area contributed by atoms with Gasteiger partial charge >= 0.3 is 0 Å². The van der Waals surface area contributed by atoms with E-state index in [9.17, 15) is 24.6 Å². The molecule has 7 heterocycles. The number of aromatic hydroxyl groups is 1. The van der Waals surface area contributed by atoms with Gasteiger partial charge in [0.25, 0.3) is 5.91 Å². The molecule has 0 radical (unpaired) electrons. The average molecular weight is 750 g/mol. The predicted molar refractivity (Wildman–Crippen MR) is 208 cm³/mol. The largest absolute Gasteiger partial charge is 0.507 e. The van der Waals surface area contributed by atoms with Crippen LogP contribution in [0.5, 0.6) is 5.75 Å². The first-order chi connectivity index (χ1) is 26.8. The van der Waals surface area contributed by atoms with Gasteiger partial charge in [0, 0.05) is 88.2 Å². The fourth-order valence-corrected chi connectivity index (χ4v) is 9.93. The molecule has 290 valence electrons. The minimum atomic E-state index is -0.600. The second-order valence-corrected chi connectivity index (χ2v) is 16.4. The monoisotopic (exact) mass is 749 g/mol. The van der Waals surface area contributed by atoms with Gasteiger partial charge in [0.1, 0.15) is 11.8 Å². The Morgan fingerprint density at radius 2 is 1.67 bits per heavy atom. The molecule has 1 aromatic heterocycles. The van der Waals surface area contributed by atoms with E-state index in [1.54, 1.807) is 11.0 Å². The number of fused-ring (bicyclic) bond motifs is 4. The van der Waals surface area contributed by atoms with Crippen LogP contribution in [-0.4, -0.2) is 136 Å². The minimum absolute atomic E-state index is 0.130. The molecule has 6 aliphatic rings. The number of likely N-dealkylation sites (tertiary alicyclic amines) is 1. The molecule has 0 saturated carbocycles. The van der Waals surface area contributed by atoms with E-state index in [0.29, 0.717) is 47.7 Å². The molecule has 2 aromatic carbocycles. The Morgan fingerprint density at radius 1 is 0.836 bits per heavy atom. The van der Waals surface area contributed by atoms with Gasteiger partial charge in [-0.3, -0.25) is 29.5 Å². The molecule has 55 heavy (non-hydrogen) atoms. The van der Waals surface area contributed by atoms with E-state index in [1.807, 2.05) is 36.4 Å². The minimum Gasteiger partial charge on any atom is -0.507 e. The molecule has 4 saturated heterocycles. The molecule has 4 atom stereocenters. The van der Waals surface area contributed by atoms with Gasteiger partial charge in [-0.25, -0.2) is 0 Å². The molecular formula is C41H51N9O5. The summed E-state index contributed by atoms with van der Waals surface area (Å²) in [5.74, 6) is 1.33. The van der Waals surface area contributed by atoms with Gasteiger partial charge in [-0.05, 0) is 86.4 Å². The summed E-state index contributed by atoms with van der Waals surface area (Å²) in [5, 5.41) is 35.7. The average Bonchev–Trinajstić information content (AvgIpc) is 3.53. The van der Waals surface area contributed by atoms with Crippen LogP contribution in [0.2, 0.25) is 0 Å². The number of amides is 3. The zero-order valence-electron chi connectivity index (χ0n) is 31.3. The highest BCUT2D eigenvalue weighted by atomic mass is 16.3. The van der Waals surface area contributed by atoms with Crippen LogP contribution in [0.15, 0.2) is 48.5 Å². The van der Waals surface area contributed by atoms with Crippen molar-refractivity contribution in [2.45, 2.75) is 63.2 Å². The maximum atomic E-state index is 13.4. The number of aromatic nitrogens is 2. The SMILES string of the molecule is O=C1CCC(N2Cc3ccc(N4CCC(CN5CCC(CN6CCN7c8cc(-c9ccccc9O)nnc8NC[C@H]7C6)CC5CO)CC4)cc3C2=O)C(=O)N1. The number of nitrogens with one attached hydrogen (secondary N) is 2. The number of hydrogen-bond donors (Lipinski definition) is 4. The number of piperidine rings is 3. The highest BCUT2D eigenvalue weighted by Gasteiger charge is 2.40. The maximum Gasteiger partial charge on any atom is 0.255 e. The van der Waals surface area contributed by atoms with Crippen molar-refractivity contribution in [1.29, 1.82) is 0 Å². The van der Waals surface area contributed by atoms with Crippen LogP contribution in [0.1, 0.15) is 54.4 Å². The highest BCUT2D eigenvalue weighted by molar-refractivity contribution is 6.05. The number of carbonyl (C=O) groups excluding carboxylic acids is 3. The normalized spacial score (nSPS) is 26.3. The van der Waals surface area contributed by atoms with Gasteiger partial charge in [0.15, 0.2) is 5.82 Å². The summed E-state index contributed by atoms with van der Waals surface area (Å²) >= 11 is 0. The second kappa shape index (κ2) is 15.0. The van der Waals surface area contributed by atoms with E-state index in [-0.39, 0.29) is 42.5 Å². The third-order valence-electron chi connectivity index (χ3n) is 13.0. The van der Waals surface area contributed by atoms with Gasteiger partial charge in [0.05, 0.1) is 24.0 Å². The lowest BCUT2D eigenvalue weighted by Crippen LogP contribution is -2.59. The Bertz CT molecular complexity index is 1950. The van der Waals surface area contributed by atoms with Crippen molar-refractivity contribution in [1.82, 2.24) is 30.2 Å². The molecule has 14 nitrogen and oxygen atoms in total. The molecule has 0 bridgehead atoms. The number of aliphatic hydroxyl groups is 1. The number of para-hydroxylation sites is 1. The van der Waals surface area contributed by atoms with Gasteiger partial charge in [-0.1, -0.05) is 18.2 Å². The quantitative estimate of drug-likeness (QED) is 0.250. The number of phenols is 1. The molecule has 4 N–H and O–H groups in total. The van der Waals surface area contributed by atoms with Crippen molar-refractivity contribution >= 4 is 34.9 Å². The highest BCUT2D eigenvalue weighted by Crippen LogP contribution is 2.37. The van der Waals surface area contributed by atoms with Gasteiger partial charge in [-0.2, -0.15) is 0 Å². The molecule has 3 unspecified atom stereocenters. The number of nitrogens with zero attached hydrogens (tertiary/aromatic N) is 7. The summed E-state index contributed by atoms with van der Waals surface area (Å²) in [6.45, 7) is 9.17. The molecule has 3 amide bonds. The van der Waals surface area contributed by atoms with Gasteiger partial charge in [0.2, 0.25) is 11.8 Å². The van der Waals surface area contributed by atoms with Crippen molar-refractivity contribution in [2.75, 3.05) is 80.6 Å². The van der Waals surface area contributed by atoms with Gasteiger partial charge < -0.3 is 30.2 Å². The number of aliphatic hydroxyl groups excluding tert-OH is 1. The van der Waals surface area contributed by atoms with E-state index in [1.165, 1.54) is 0 Å². The van der Waals surface area contributed by atoms with Crippen molar-refractivity contribution in [3.05, 3.63) is 59.7 Å². The van der Waals surface area contributed by atoms with E-state index < -0.39 is 6.04 Å². The molecule has 3 aromatic rings. The number of carbonyl (C=O) groups is 3. The van der Waals surface area contributed by atoms with Crippen molar-refractivity contribution in [2.24, 2.45) is 11.8 Å². The molecule has 0 aliphatic carbocycles. The Labute approximate surface area is 321 Å². The van der Waals surface area contributed by atoms with Crippen molar-refractivity contribution in [3.8, 4) is 17.0 Å². The standard InChI is InChI=1S/C41H51N9O5/c51-25-30-17-27(21-46-15-16-49-31(24-46)20-42-39-36(49)19-34(44-45-39)32-3-1-2-4-37(32)52)11-14-48(30)22-26-9-12-47(13-10-26)29-6-5-28-23-50(41(55)33(28)18-29)35-7-8-38(53)43-40(35)54/h1-6,18-19,26-27,30-31,35,51-52H,7-17,20-25H2,(H,42,45)(H,43,53,54)/t27?,30?,31-,35?/m0/s1. The fourth-order valence-electron chi connectivity index (χ4n) is 9.93. The van der Waals surface area contributed by atoms with E-state index >= 15 is 0 Å². The van der Waals surface area contributed by atoms with Crippen LogP contribution >= 0.6 is 0 Å². The molecule has 4 fully saturated rings. The van der Waals surface area contributed by atoms with Crippen LogP contribution in [0.3, 0.4) is 0 Å². The lowest BCUT2D eigenvalue weighted by Gasteiger charge is -2.47. The lowest BCUT2D eigenvalue weighted by atomic mass is 9.88. The fraction of sp³-hybridized carbons (Fsp3) is 0.537. The summed E-state index contributed by atoms with van der Waals surface area (Å²) in [7, 11) is 0. The zero-order valence-corrected chi connectivity index (χ0v) is 31.3. The Kier molecular flexibility index (Phi) is 9.81. The van der Waals surface area contributed by atoms with Crippen LogP contribution in [0.25, 0.3) is 11.3 Å². The number of benzene rings is 2. The first-order valence-corrected chi connectivity index (χ1v) is 20.1. The molecule has 6 aliphatic heterocycles. The van der Waals surface area contributed by atoms with E-state index in [2.05, 4.69) is 46.5 Å². The first-order valence-electron chi connectivity index (χ1n) is 20.1. The summed E-state index contributed by atoms with van der Waals surface area (Å²) in [6.07, 6.45) is 4.90. The number of anilines is 3. The van der Waals surface area contributed by atoms with Gasteiger partial charge in [-0.15, -0.1) is 10.2 Å². The first kappa shape index (κ1) is 35.9. The number of phenolic OH excluding ortho intramolecular Hbond substituents is 1. The summed E-state index contributed by atoms with van der Waals surface area (Å²) in [6, 6.07) is 15.3. The number of rotatable bonds is 8. The van der Waals surface area contributed by atoms with E-state index in [4.69, 9.17) is 0 Å². The topological polar surface area (TPSA) is 158 Å². The Balaban J connectivity index is 0.751. The Morgan fingerprint density at radius 3 is 2.49 bits per heavy atom. The lowest BCUT2D eigenvalue weighted by molar-refractivity contribution is -0.136. The number of hydrogen-bond acceptors (Lipinski definition) is 12. The summed E-state index contributed by atoms with van der Waals surface area (Å²) in [4.78, 5) is 49.1. The molecule has 9 rings (SSSR count). The van der Waals surface area contributed by atoms with Crippen LogP contribution in [-0.2, 0) is 16.1 Å². The maximum absolute atomic E-state index is 13.4. The summed E-state index contributed by atoms with van der Waals surface area (Å²) < 4.78 is 0. The van der Waals surface area contributed by atoms with Crippen LogP contribution < -0.4 is 20.4 Å². The third-order valence-corrected chi connectivity index (χ3v) is 13.0. The molecule has 0 spiro atoms. The van der Waals surface area contributed by atoms with Crippen LogP contribution in [0.4, 0.5) is 17.2 Å². The number of imide groups is 1.